The highest BCUT2D eigenvalue weighted by Gasteiger charge is 2.20. The van der Waals surface area contributed by atoms with Crippen LogP contribution in [0.5, 0.6) is 0 Å². The zero-order chi connectivity index (χ0) is 14.7. The fraction of sp³-hybridized carbons (Fsp3) is 0.267. The predicted octanol–water partition coefficient (Wildman–Crippen LogP) is 4.11. The molecule has 106 valence electrons. The van der Waals surface area contributed by atoms with Crippen LogP contribution in [0, 0.1) is 5.92 Å². The highest BCUT2D eigenvalue weighted by molar-refractivity contribution is 7.10. The molecule has 0 fully saturated rings. The summed E-state index contributed by atoms with van der Waals surface area (Å²) in [5.41, 5.74) is 6.67. The Kier molecular flexibility index (Phi) is 4.68. The van der Waals surface area contributed by atoms with Crippen LogP contribution in [0.3, 0.4) is 0 Å². The highest BCUT2D eigenvalue weighted by atomic mass is 35.5. The number of nitrogens with two attached hydrogens (primary N) is 1. The van der Waals surface area contributed by atoms with Crippen LogP contribution >= 0.6 is 22.9 Å². The van der Waals surface area contributed by atoms with E-state index in [9.17, 15) is 4.79 Å². The number of anilines is 1. The van der Waals surface area contributed by atoms with E-state index in [0.29, 0.717) is 22.2 Å². The van der Waals surface area contributed by atoms with E-state index in [1.165, 1.54) is 0 Å². The molecule has 0 radical (unpaired) electrons. The maximum Gasteiger partial charge on any atom is 0.251 e. The van der Waals surface area contributed by atoms with Gasteiger partial charge in [0.2, 0.25) is 0 Å². The number of nitrogen functional groups attached to an aromatic ring is 1. The monoisotopic (exact) mass is 308 g/mol. The number of halogens is 1. The van der Waals surface area contributed by atoms with Gasteiger partial charge in [0.25, 0.3) is 5.91 Å². The number of nitrogens with one attached hydrogen (secondary N) is 1. The molecule has 1 aromatic heterocycles. The van der Waals surface area contributed by atoms with Crippen molar-refractivity contribution in [1.82, 2.24) is 5.32 Å². The van der Waals surface area contributed by atoms with Crippen LogP contribution in [-0.2, 0) is 0 Å². The van der Waals surface area contributed by atoms with E-state index in [-0.39, 0.29) is 11.9 Å². The number of thiophene rings is 1. The summed E-state index contributed by atoms with van der Waals surface area (Å²) in [4.78, 5) is 13.5. The van der Waals surface area contributed by atoms with Crippen molar-refractivity contribution in [3.8, 4) is 0 Å². The van der Waals surface area contributed by atoms with Gasteiger partial charge in [-0.1, -0.05) is 31.5 Å². The van der Waals surface area contributed by atoms with Crippen molar-refractivity contribution in [3.05, 3.63) is 51.2 Å². The maximum atomic E-state index is 12.3. The number of amides is 1. The molecule has 0 bridgehead atoms. The second-order valence-electron chi connectivity index (χ2n) is 4.95. The molecule has 0 saturated carbocycles. The van der Waals surface area contributed by atoms with Gasteiger partial charge in [-0.2, -0.15) is 0 Å². The van der Waals surface area contributed by atoms with Crippen molar-refractivity contribution < 1.29 is 4.79 Å². The molecule has 0 spiro atoms. The lowest BCUT2D eigenvalue weighted by Gasteiger charge is -2.21. The van der Waals surface area contributed by atoms with E-state index in [1.807, 2.05) is 17.5 Å². The second kappa shape index (κ2) is 6.29. The minimum atomic E-state index is -0.138. The van der Waals surface area contributed by atoms with Gasteiger partial charge in [0.05, 0.1) is 16.8 Å². The summed E-state index contributed by atoms with van der Waals surface area (Å²) < 4.78 is 0. The van der Waals surface area contributed by atoms with Crippen molar-refractivity contribution in [1.29, 1.82) is 0 Å². The Morgan fingerprint density at radius 2 is 2.10 bits per heavy atom. The first-order chi connectivity index (χ1) is 9.49. The predicted molar refractivity (Wildman–Crippen MR) is 85.2 cm³/mol. The Bertz CT molecular complexity index is 596. The standard InChI is InChI=1S/C15H17ClN2OS/c1-9(2)14(13-4-3-7-20-13)18-15(19)10-5-6-11(16)12(17)8-10/h3-9,14H,17H2,1-2H3,(H,18,19). The zero-order valence-corrected chi connectivity index (χ0v) is 13.0. The van der Waals surface area contributed by atoms with Crippen molar-refractivity contribution in [2.45, 2.75) is 19.9 Å². The van der Waals surface area contributed by atoms with Crippen molar-refractivity contribution in [2.24, 2.45) is 5.92 Å². The topological polar surface area (TPSA) is 55.1 Å². The molecule has 0 aliphatic rings. The SMILES string of the molecule is CC(C)C(NC(=O)c1ccc(Cl)c(N)c1)c1cccs1. The van der Waals surface area contributed by atoms with Crippen molar-refractivity contribution in [2.75, 3.05) is 5.73 Å². The van der Waals surface area contributed by atoms with Gasteiger partial charge in [-0.3, -0.25) is 4.79 Å². The van der Waals surface area contributed by atoms with E-state index in [1.54, 1.807) is 29.5 Å². The lowest BCUT2D eigenvalue weighted by molar-refractivity contribution is 0.0926. The minimum Gasteiger partial charge on any atom is -0.398 e. The molecule has 5 heteroatoms. The number of rotatable bonds is 4. The van der Waals surface area contributed by atoms with Crippen LogP contribution in [0.25, 0.3) is 0 Å². The molecule has 1 unspecified atom stereocenters. The molecule has 0 aliphatic carbocycles. The molecule has 2 aromatic rings. The van der Waals surface area contributed by atoms with Crippen LogP contribution in [-0.4, -0.2) is 5.91 Å². The summed E-state index contributed by atoms with van der Waals surface area (Å²) in [5.74, 6) is 0.169. The van der Waals surface area contributed by atoms with Gasteiger partial charge < -0.3 is 11.1 Å². The third-order valence-electron chi connectivity index (χ3n) is 3.06. The first-order valence-corrected chi connectivity index (χ1v) is 7.64. The Morgan fingerprint density at radius 1 is 1.35 bits per heavy atom. The normalized spacial score (nSPS) is 12.4. The quantitative estimate of drug-likeness (QED) is 0.835. The van der Waals surface area contributed by atoms with Gasteiger partial charge in [-0.25, -0.2) is 0 Å². The summed E-state index contributed by atoms with van der Waals surface area (Å²) in [6.45, 7) is 4.17. The number of carbonyl (C=O) groups is 1. The average molecular weight is 309 g/mol. The van der Waals surface area contributed by atoms with Crippen LogP contribution in [0.4, 0.5) is 5.69 Å². The average Bonchev–Trinajstić information content (AvgIpc) is 2.92. The van der Waals surface area contributed by atoms with Gasteiger partial charge >= 0.3 is 0 Å². The van der Waals surface area contributed by atoms with Gasteiger partial charge in [0.15, 0.2) is 0 Å². The molecule has 1 atom stereocenters. The molecule has 1 amide bonds. The molecule has 0 aliphatic heterocycles. The van der Waals surface area contributed by atoms with E-state index >= 15 is 0 Å². The molecule has 3 nitrogen and oxygen atoms in total. The molecule has 1 heterocycles. The number of hydrogen-bond donors (Lipinski definition) is 2. The summed E-state index contributed by atoms with van der Waals surface area (Å²) >= 11 is 7.51. The van der Waals surface area contributed by atoms with Crippen LogP contribution in [0.15, 0.2) is 35.7 Å². The summed E-state index contributed by atoms with van der Waals surface area (Å²) in [6.07, 6.45) is 0. The zero-order valence-electron chi connectivity index (χ0n) is 11.4. The van der Waals surface area contributed by atoms with E-state index < -0.39 is 0 Å². The third-order valence-corrected chi connectivity index (χ3v) is 4.36. The van der Waals surface area contributed by atoms with Gasteiger partial charge in [-0.15, -0.1) is 11.3 Å². The molecule has 1 aromatic carbocycles. The largest absolute Gasteiger partial charge is 0.398 e. The fourth-order valence-electron chi connectivity index (χ4n) is 1.94. The fourth-order valence-corrected chi connectivity index (χ4v) is 3.01. The highest BCUT2D eigenvalue weighted by Crippen LogP contribution is 2.26. The third kappa shape index (κ3) is 3.32. The minimum absolute atomic E-state index is 0.000553. The number of benzene rings is 1. The first-order valence-electron chi connectivity index (χ1n) is 6.38. The Balaban J connectivity index is 2.18. The molecule has 3 N–H and O–H groups in total. The number of carbonyl (C=O) groups excluding carboxylic acids is 1. The van der Waals surface area contributed by atoms with E-state index in [4.69, 9.17) is 17.3 Å². The molecule has 2 rings (SSSR count). The van der Waals surface area contributed by atoms with Crippen LogP contribution < -0.4 is 11.1 Å². The van der Waals surface area contributed by atoms with Crippen LogP contribution in [0.1, 0.15) is 35.1 Å². The lowest BCUT2D eigenvalue weighted by Crippen LogP contribution is -2.31. The van der Waals surface area contributed by atoms with E-state index in [2.05, 4.69) is 19.2 Å². The molecular formula is C15H17ClN2OS. The lowest BCUT2D eigenvalue weighted by atomic mass is 10.0. The van der Waals surface area contributed by atoms with Gasteiger partial charge in [0, 0.05) is 10.4 Å². The van der Waals surface area contributed by atoms with Gasteiger partial charge in [-0.05, 0) is 35.6 Å². The Morgan fingerprint density at radius 3 is 2.65 bits per heavy atom. The Labute approximate surface area is 127 Å². The summed E-state index contributed by atoms with van der Waals surface area (Å²) in [6, 6.07) is 8.94. The summed E-state index contributed by atoms with van der Waals surface area (Å²) in [7, 11) is 0. The van der Waals surface area contributed by atoms with Crippen LogP contribution in [0.2, 0.25) is 5.02 Å². The Hall–Kier alpha value is -1.52. The van der Waals surface area contributed by atoms with E-state index in [0.717, 1.165) is 4.88 Å². The van der Waals surface area contributed by atoms with Crippen molar-refractivity contribution in [3.63, 3.8) is 0 Å². The maximum absolute atomic E-state index is 12.3. The molecule has 20 heavy (non-hydrogen) atoms. The smallest absolute Gasteiger partial charge is 0.251 e. The second-order valence-corrected chi connectivity index (χ2v) is 6.33. The van der Waals surface area contributed by atoms with Gasteiger partial charge in [0.1, 0.15) is 0 Å². The number of hydrogen-bond acceptors (Lipinski definition) is 3. The summed E-state index contributed by atoms with van der Waals surface area (Å²) in [5, 5.41) is 5.52. The first kappa shape index (κ1) is 14.9. The molecular weight excluding hydrogens is 292 g/mol. The molecule has 0 saturated heterocycles. The van der Waals surface area contributed by atoms with Crippen molar-refractivity contribution >= 4 is 34.5 Å².